The monoisotopic (exact) mass is 371 g/mol. The van der Waals surface area contributed by atoms with E-state index < -0.39 is 24.5 Å². The Kier molecular flexibility index (Phi) is 7.98. The summed E-state index contributed by atoms with van der Waals surface area (Å²) in [6.45, 7) is 3.53. The van der Waals surface area contributed by atoms with E-state index in [9.17, 15) is 9.90 Å². The van der Waals surface area contributed by atoms with Gasteiger partial charge >= 0.3 is 0 Å². The van der Waals surface area contributed by atoms with Crippen LogP contribution in [-0.2, 0) is 17.8 Å². The highest BCUT2D eigenvalue weighted by Crippen LogP contribution is 2.27. The fourth-order valence-electron chi connectivity index (χ4n) is 3.12. The number of aryl methyl sites for hydroxylation is 1. The summed E-state index contributed by atoms with van der Waals surface area (Å²) in [5.74, 6) is 0.502. The number of aliphatic hydroxyl groups is 2. The number of nitrogens with one attached hydrogen (secondary N) is 1. The maximum Gasteiger partial charge on any atom is 0.177 e. The number of rotatable bonds is 10. The van der Waals surface area contributed by atoms with Crippen LogP contribution in [-0.4, -0.2) is 41.9 Å². The number of ketones is 1. The van der Waals surface area contributed by atoms with Gasteiger partial charge in [0.05, 0.1) is 19.3 Å². The summed E-state index contributed by atoms with van der Waals surface area (Å²) in [5, 5.41) is 21.7. The third-order valence-corrected chi connectivity index (χ3v) is 4.60. The Balaban J connectivity index is 2.11. The third kappa shape index (κ3) is 5.63. The van der Waals surface area contributed by atoms with Gasteiger partial charge in [0.1, 0.15) is 12.4 Å². The summed E-state index contributed by atoms with van der Waals surface area (Å²) in [4.78, 5) is 11.7. The maximum absolute atomic E-state index is 11.7. The van der Waals surface area contributed by atoms with E-state index in [0.717, 1.165) is 35.3 Å². The van der Waals surface area contributed by atoms with Gasteiger partial charge in [-0.25, -0.2) is 0 Å². The first-order chi connectivity index (χ1) is 13.0. The van der Waals surface area contributed by atoms with Crippen molar-refractivity contribution in [2.75, 3.05) is 13.7 Å². The van der Waals surface area contributed by atoms with Gasteiger partial charge in [0.25, 0.3) is 0 Å². The summed E-state index contributed by atoms with van der Waals surface area (Å²) in [5.41, 5.74) is 4.44. The van der Waals surface area contributed by atoms with Crippen LogP contribution in [0.25, 0.3) is 11.1 Å². The van der Waals surface area contributed by atoms with E-state index in [-0.39, 0.29) is 0 Å². The predicted molar refractivity (Wildman–Crippen MR) is 107 cm³/mol. The number of hydrogen-bond donors (Lipinski definition) is 3. The van der Waals surface area contributed by atoms with Crippen molar-refractivity contribution in [3.63, 3.8) is 0 Å². The quantitative estimate of drug-likeness (QED) is 0.598. The first-order valence-corrected chi connectivity index (χ1v) is 9.31. The molecule has 5 heteroatoms. The van der Waals surface area contributed by atoms with Gasteiger partial charge in [-0.05, 0) is 47.7 Å². The molecule has 0 aliphatic rings. The molecule has 2 atom stereocenters. The molecule has 0 bridgehead atoms. The molecule has 0 aliphatic carbocycles. The summed E-state index contributed by atoms with van der Waals surface area (Å²) in [6.07, 6.45) is 1.17. The van der Waals surface area contributed by atoms with Crippen LogP contribution in [0.1, 0.15) is 31.4 Å². The molecule has 2 aromatic carbocycles. The minimum atomic E-state index is -0.861. The second-order valence-corrected chi connectivity index (χ2v) is 6.70. The van der Waals surface area contributed by atoms with Gasteiger partial charge in [-0.15, -0.1) is 0 Å². The summed E-state index contributed by atoms with van der Waals surface area (Å²) in [6, 6.07) is 13.5. The average molecular weight is 371 g/mol. The first-order valence-electron chi connectivity index (χ1n) is 9.31. The van der Waals surface area contributed by atoms with Crippen LogP contribution in [0.4, 0.5) is 0 Å². The molecule has 0 heterocycles. The van der Waals surface area contributed by atoms with Gasteiger partial charge in [-0.2, -0.15) is 0 Å². The van der Waals surface area contributed by atoms with E-state index in [2.05, 4.69) is 24.4 Å². The fraction of sp³-hybridized carbons (Fsp3) is 0.409. The minimum absolute atomic E-state index is 0.414. The number of aliphatic hydroxyl groups excluding tert-OH is 2. The SMILES string of the molecule is CCCc1cc(-c2ccc(CN[C@H](C(=O)CO)[C@@H](C)O)cc2)ccc1OC. The van der Waals surface area contributed by atoms with Crippen molar-refractivity contribution >= 4 is 5.78 Å². The Hall–Kier alpha value is -2.21. The zero-order valence-electron chi connectivity index (χ0n) is 16.2. The number of methoxy groups -OCH3 is 1. The van der Waals surface area contributed by atoms with Gasteiger partial charge in [0.2, 0.25) is 0 Å². The van der Waals surface area contributed by atoms with Crippen molar-refractivity contribution < 1.29 is 19.7 Å². The molecular formula is C22H29NO4. The molecule has 0 radical (unpaired) electrons. The van der Waals surface area contributed by atoms with Crippen molar-refractivity contribution in [1.82, 2.24) is 5.32 Å². The summed E-state index contributed by atoms with van der Waals surface area (Å²) < 4.78 is 5.44. The number of benzene rings is 2. The Bertz CT molecular complexity index is 740. The number of Topliss-reactive ketones (excluding diaryl/α,β-unsaturated/α-hetero) is 1. The van der Waals surface area contributed by atoms with Crippen LogP contribution in [0.3, 0.4) is 0 Å². The zero-order chi connectivity index (χ0) is 19.8. The molecule has 146 valence electrons. The molecule has 5 nitrogen and oxygen atoms in total. The van der Waals surface area contributed by atoms with Crippen molar-refractivity contribution in [3.8, 4) is 16.9 Å². The topological polar surface area (TPSA) is 78.8 Å². The molecule has 2 aromatic rings. The second kappa shape index (κ2) is 10.2. The Labute approximate surface area is 161 Å². The molecule has 0 aliphatic heterocycles. The number of carbonyl (C=O) groups excluding carboxylic acids is 1. The summed E-state index contributed by atoms with van der Waals surface area (Å²) in [7, 11) is 1.69. The van der Waals surface area contributed by atoms with Crippen LogP contribution < -0.4 is 10.1 Å². The lowest BCUT2D eigenvalue weighted by molar-refractivity contribution is -0.126. The smallest absolute Gasteiger partial charge is 0.177 e. The number of carbonyl (C=O) groups is 1. The molecule has 0 spiro atoms. The second-order valence-electron chi connectivity index (χ2n) is 6.70. The maximum atomic E-state index is 11.7. The van der Waals surface area contributed by atoms with E-state index in [1.54, 1.807) is 7.11 Å². The normalized spacial score (nSPS) is 13.2. The van der Waals surface area contributed by atoms with Crippen LogP contribution in [0.2, 0.25) is 0 Å². The van der Waals surface area contributed by atoms with E-state index in [1.807, 2.05) is 30.3 Å². The first kappa shape index (κ1) is 21.1. The highest BCUT2D eigenvalue weighted by Gasteiger charge is 2.21. The molecule has 0 aromatic heterocycles. The molecular weight excluding hydrogens is 342 g/mol. The van der Waals surface area contributed by atoms with E-state index in [0.29, 0.717) is 6.54 Å². The van der Waals surface area contributed by atoms with Crippen LogP contribution >= 0.6 is 0 Å². The lowest BCUT2D eigenvalue weighted by atomic mass is 9.99. The number of ether oxygens (including phenoxy) is 1. The zero-order valence-corrected chi connectivity index (χ0v) is 16.2. The lowest BCUT2D eigenvalue weighted by Gasteiger charge is -2.19. The van der Waals surface area contributed by atoms with Gasteiger partial charge < -0.3 is 20.3 Å². The Morgan fingerprint density at radius 1 is 1.15 bits per heavy atom. The van der Waals surface area contributed by atoms with Crippen LogP contribution in [0, 0.1) is 0 Å². The van der Waals surface area contributed by atoms with E-state index in [4.69, 9.17) is 9.84 Å². The van der Waals surface area contributed by atoms with Gasteiger partial charge in [0.15, 0.2) is 5.78 Å². The highest BCUT2D eigenvalue weighted by atomic mass is 16.5. The van der Waals surface area contributed by atoms with Gasteiger partial charge in [0, 0.05) is 6.54 Å². The highest BCUT2D eigenvalue weighted by molar-refractivity contribution is 5.85. The van der Waals surface area contributed by atoms with Gasteiger partial charge in [-0.1, -0.05) is 43.7 Å². The third-order valence-electron chi connectivity index (χ3n) is 4.60. The van der Waals surface area contributed by atoms with E-state index in [1.165, 1.54) is 12.5 Å². The molecule has 2 rings (SSSR count). The van der Waals surface area contributed by atoms with Crippen molar-refractivity contribution in [2.24, 2.45) is 0 Å². The Morgan fingerprint density at radius 2 is 1.81 bits per heavy atom. The predicted octanol–water partition coefficient (Wildman–Crippen LogP) is 2.72. The van der Waals surface area contributed by atoms with Crippen LogP contribution in [0.15, 0.2) is 42.5 Å². The lowest BCUT2D eigenvalue weighted by Crippen LogP contribution is -2.45. The Morgan fingerprint density at radius 3 is 2.37 bits per heavy atom. The average Bonchev–Trinajstić information content (AvgIpc) is 2.68. The number of hydrogen-bond acceptors (Lipinski definition) is 5. The molecule has 0 saturated carbocycles. The van der Waals surface area contributed by atoms with Crippen molar-refractivity contribution in [3.05, 3.63) is 53.6 Å². The molecule has 3 N–H and O–H groups in total. The van der Waals surface area contributed by atoms with Gasteiger partial charge in [-0.3, -0.25) is 4.79 Å². The van der Waals surface area contributed by atoms with E-state index >= 15 is 0 Å². The molecule has 27 heavy (non-hydrogen) atoms. The van der Waals surface area contributed by atoms with Crippen molar-refractivity contribution in [2.45, 2.75) is 45.4 Å². The fourth-order valence-corrected chi connectivity index (χ4v) is 3.12. The molecule has 0 saturated heterocycles. The standard InChI is InChI=1S/C22H29NO4/c1-4-5-19-12-18(10-11-21(19)27-3)17-8-6-16(7-9-17)13-23-22(15(2)25)20(26)14-24/h6-12,15,22-25H,4-5,13-14H2,1-3H3/t15-,22+/m1/s1. The molecule has 0 unspecified atom stereocenters. The largest absolute Gasteiger partial charge is 0.496 e. The molecule has 0 amide bonds. The molecule has 0 fully saturated rings. The van der Waals surface area contributed by atoms with Crippen molar-refractivity contribution in [1.29, 1.82) is 0 Å². The minimum Gasteiger partial charge on any atom is -0.496 e. The van der Waals surface area contributed by atoms with Crippen LogP contribution in [0.5, 0.6) is 5.75 Å². The summed E-state index contributed by atoms with van der Waals surface area (Å²) >= 11 is 0.